The molecule has 164 valence electrons. The minimum atomic E-state index is -1.30. The van der Waals surface area contributed by atoms with Crippen molar-refractivity contribution < 1.29 is 29.3 Å². The molecule has 3 rings (SSSR count). The van der Waals surface area contributed by atoms with Crippen LogP contribution >= 0.6 is 0 Å². The number of Topliss-reactive ketones (excluding diaryl/α,β-unsaturated/α-hetero) is 1. The second kappa shape index (κ2) is 6.38. The minimum absolute atomic E-state index is 0.0596. The number of carbonyl (C=O) groups is 2. The fourth-order valence-electron chi connectivity index (χ4n) is 6.95. The summed E-state index contributed by atoms with van der Waals surface area (Å²) in [5.41, 5.74) is -4.49. The quantitative estimate of drug-likeness (QED) is 0.539. The van der Waals surface area contributed by atoms with E-state index >= 15 is 0 Å². The number of ether oxygens (including phenoxy) is 2. The van der Waals surface area contributed by atoms with E-state index in [4.69, 9.17) is 9.47 Å². The Bertz CT molecular complexity index is 746. The fourth-order valence-corrected chi connectivity index (χ4v) is 6.95. The molecule has 29 heavy (non-hydrogen) atoms. The zero-order valence-corrected chi connectivity index (χ0v) is 18.7. The molecule has 3 fully saturated rings. The van der Waals surface area contributed by atoms with Crippen LogP contribution in [0.5, 0.6) is 0 Å². The Morgan fingerprint density at radius 2 is 1.79 bits per heavy atom. The number of esters is 1. The van der Waals surface area contributed by atoms with Gasteiger partial charge in [-0.25, -0.2) is 0 Å². The summed E-state index contributed by atoms with van der Waals surface area (Å²) in [6.45, 7) is 16.5. The molecular weight excluding hydrogens is 372 g/mol. The van der Waals surface area contributed by atoms with E-state index in [0.717, 1.165) is 0 Å². The average molecular weight is 409 g/mol. The number of aliphatic hydroxyl groups excluding tert-OH is 2. The van der Waals surface area contributed by atoms with Crippen molar-refractivity contribution in [3.05, 3.63) is 12.7 Å². The molecule has 0 aromatic heterocycles. The van der Waals surface area contributed by atoms with Crippen LogP contribution in [0.3, 0.4) is 0 Å². The van der Waals surface area contributed by atoms with E-state index in [0.29, 0.717) is 12.8 Å². The normalized spacial score (nSPS) is 51.6. The third-order valence-electron chi connectivity index (χ3n) is 8.90. The van der Waals surface area contributed by atoms with E-state index < -0.39 is 57.6 Å². The van der Waals surface area contributed by atoms with Crippen LogP contribution in [-0.4, -0.2) is 51.5 Å². The van der Waals surface area contributed by atoms with Crippen LogP contribution < -0.4 is 0 Å². The molecule has 1 saturated heterocycles. The fraction of sp³-hybridized carbons (Fsp3) is 0.826. The smallest absolute Gasteiger partial charge is 0.303 e. The standard InChI is InChI=1S/C23H36O6/c1-9-20(5)12-14(25)16-21(6)15(26)10-11-19(3,4)23(21,8)17(27)18(28-13(2)24)22(16,7)29-20/h9,15-18,26-27H,1,10-12H2,2-8H3/t15-,16?,17+,18-,20+,21+,22-,23-/m0/s1. The number of fused-ring (bicyclic) bond motifs is 3. The molecule has 6 heteroatoms. The van der Waals surface area contributed by atoms with Crippen LogP contribution in [0.2, 0.25) is 0 Å². The van der Waals surface area contributed by atoms with Gasteiger partial charge >= 0.3 is 5.97 Å². The molecule has 2 saturated carbocycles. The highest BCUT2D eigenvalue weighted by molar-refractivity contribution is 5.86. The largest absolute Gasteiger partial charge is 0.457 e. The second-order valence-corrected chi connectivity index (χ2v) is 10.8. The maximum atomic E-state index is 13.6. The molecule has 0 aromatic carbocycles. The van der Waals surface area contributed by atoms with E-state index in [-0.39, 0.29) is 12.2 Å². The zero-order chi connectivity index (χ0) is 22.2. The molecule has 1 heterocycles. The Labute approximate surface area is 173 Å². The first kappa shape index (κ1) is 22.4. The highest BCUT2D eigenvalue weighted by Gasteiger charge is 2.78. The lowest BCUT2D eigenvalue weighted by atomic mass is 9.35. The number of ketones is 1. The number of carbonyl (C=O) groups excluding carboxylic acids is 2. The summed E-state index contributed by atoms with van der Waals surface area (Å²) < 4.78 is 12.1. The van der Waals surface area contributed by atoms with Gasteiger partial charge in [-0.15, -0.1) is 6.58 Å². The predicted octanol–water partition coefficient (Wildman–Crippen LogP) is 2.80. The summed E-state index contributed by atoms with van der Waals surface area (Å²) >= 11 is 0. The van der Waals surface area contributed by atoms with E-state index in [1.54, 1.807) is 19.9 Å². The van der Waals surface area contributed by atoms with Gasteiger partial charge in [-0.1, -0.05) is 33.8 Å². The van der Waals surface area contributed by atoms with Crippen molar-refractivity contribution in [2.24, 2.45) is 22.2 Å². The molecule has 0 bridgehead atoms. The predicted molar refractivity (Wildman–Crippen MR) is 108 cm³/mol. The van der Waals surface area contributed by atoms with Gasteiger partial charge in [0.1, 0.15) is 17.5 Å². The van der Waals surface area contributed by atoms with Crippen molar-refractivity contribution in [1.29, 1.82) is 0 Å². The lowest BCUT2D eigenvalue weighted by Crippen LogP contribution is -2.81. The molecule has 2 N–H and O–H groups in total. The summed E-state index contributed by atoms with van der Waals surface area (Å²) in [5, 5.41) is 23.0. The molecule has 6 nitrogen and oxygen atoms in total. The monoisotopic (exact) mass is 408 g/mol. The van der Waals surface area contributed by atoms with Crippen LogP contribution in [-0.2, 0) is 19.1 Å². The van der Waals surface area contributed by atoms with Gasteiger partial charge in [0.05, 0.1) is 17.6 Å². The van der Waals surface area contributed by atoms with Gasteiger partial charge in [0.15, 0.2) is 6.10 Å². The lowest BCUT2D eigenvalue weighted by molar-refractivity contribution is -0.350. The van der Waals surface area contributed by atoms with Gasteiger partial charge in [0, 0.05) is 24.2 Å². The van der Waals surface area contributed by atoms with E-state index in [1.807, 2.05) is 13.8 Å². The first-order valence-corrected chi connectivity index (χ1v) is 10.5. The molecule has 0 radical (unpaired) electrons. The highest BCUT2D eigenvalue weighted by atomic mass is 16.6. The Morgan fingerprint density at radius 3 is 2.31 bits per heavy atom. The van der Waals surface area contributed by atoms with Crippen LogP contribution in [0.1, 0.15) is 67.7 Å². The highest BCUT2D eigenvalue weighted by Crippen LogP contribution is 2.71. The molecule has 3 aliphatic rings. The number of hydrogen-bond acceptors (Lipinski definition) is 6. The van der Waals surface area contributed by atoms with Crippen molar-refractivity contribution >= 4 is 11.8 Å². The molecule has 1 aliphatic heterocycles. The number of hydrogen-bond donors (Lipinski definition) is 2. The number of rotatable bonds is 2. The van der Waals surface area contributed by atoms with Crippen molar-refractivity contribution in [1.82, 2.24) is 0 Å². The minimum Gasteiger partial charge on any atom is -0.457 e. The van der Waals surface area contributed by atoms with Crippen LogP contribution in [0.15, 0.2) is 12.7 Å². The van der Waals surface area contributed by atoms with E-state index in [1.165, 1.54) is 6.92 Å². The molecule has 1 unspecified atom stereocenters. The van der Waals surface area contributed by atoms with Crippen LogP contribution in [0.25, 0.3) is 0 Å². The maximum absolute atomic E-state index is 13.6. The third-order valence-corrected chi connectivity index (χ3v) is 8.90. The number of aliphatic hydroxyl groups is 2. The molecular formula is C23H36O6. The summed E-state index contributed by atoms with van der Waals surface area (Å²) in [7, 11) is 0. The Kier molecular flexibility index (Phi) is 4.94. The van der Waals surface area contributed by atoms with Crippen molar-refractivity contribution in [3.8, 4) is 0 Å². The van der Waals surface area contributed by atoms with Gasteiger partial charge in [-0.3, -0.25) is 9.59 Å². The maximum Gasteiger partial charge on any atom is 0.303 e. The third kappa shape index (κ3) is 2.64. The summed E-state index contributed by atoms with van der Waals surface area (Å²) in [6, 6.07) is 0. The molecule has 0 amide bonds. The van der Waals surface area contributed by atoms with Crippen molar-refractivity contribution in [2.75, 3.05) is 0 Å². The average Bonchev–Trinajstić information content (AvgIpc) is 2.59. The molecule has 0 aromatic rings. The van der Waals surface area contributed by atoms with E-state index in [9.17, 15) is 19.8 Å². The van der Waals surface area contributed by atoms with Gasteiger partial charge < -0.3 is 19.7 Å². The summed E-state index contributed by atoms with van der Waals surface area (Å²) in [6.07, 6.45) is -0.0354. The first-order chi connectivity index (χ1) is 13.1. The molecule has 8 atom stereocenters. The van der Waals surface area contributed by atoms with Crippen LogP contribution in [0, 0.1) is 22.2 Å². The van der Waals surface area contributed by atoms with Gasteiger partial charge in [-0.2, -0.15) is 0 Å². The lowest BCUT2D eigenvalue weighted by Gasteiger charge is -2.72. The molecule has 2 aliphatic carbocycles. The summed E-state index contributed by atoms with van der Waals surface area (Å²) in [5.74, 6) is -1.34. The first-order valence-electron chi connectivity index (χ1n) is 10.5. The zero-order valence-electron chi connectivity index (χ0n) is 18.7. The SMILES string of the molecule is C=C[C@]1(C)CC(=O)C2[C@](C)(O1)[C@@H](OC(C)=O)[C@@H](O)[C@@]1(C)C(C)(C)CC[C@H](O)[C@]21C. The van der Waals surface area contributed by atoms with Gasteiger partial charge in [0.2, 0.25) is 0 Å². The Morgan fingerprint density at radius 1 is 1.21 bits per heavy atom. The Hall–Kier alpha value is -1.24. The van der Waals surface area contributed by atoms with Gasteiger partial charge in [0.25, 0.3) is 0 Å². The van der Waals surface area contributed by atoms with E-state index in [2.05, 4.69) is 20.4 Å². The van der Waals surface area contributed by atoms with Crippen molar-refractivity contribution in [3.63, 3.8) is 0 Å². The second-order valence-electron chi connectivity index (χ2n) is 10.8. The van der Waals surface area contributed by atoms with Gasteiger partial charge in [-0.05, 0) is 32.1 Å². The van der Waals surface area contributed by atoms with Crippen LogP contribution in [0.4, 0.5) is 0 Å². The molecule has 0 spiro atoms. The summed E-state index contributed by atoms with van der Waals surface area (Å²) in [4.78, 5) is 25.7. The Balaban J connectivity index is 2.31. The van der Waals surface area contributed by atoms with Crippen molar-refractivity contribution in [2.45, 2.75) is 97.2 Å². The topological polar surface area (TPSA) is 93.1 Å².